The molecule has 0 spiro atoms. The number of H-pyrrole nitrogens is 1. The molecule has 178 valence electrons. The minimum atomic E-state index is -0.294. The number of hydrogen-bond acceptors (Lipinski definition) is 2. The highest BCUT2D eigenvalue weighted by atomic mass is 16.1. The molecule has 2 aromatic carbocycles. The van der Waals surface area contributed by atoms with Gasteiger partial charge in [0.05, 0.1) is 0 Å². The number of aromatic nitrogens is 1. The minimum Gasteiger partial charge on any atom is -0.370 e. The summed E-state index contributed by atoms with van der Waals surface area (Å²) in [6, 6.07) is 22.8. The Morgan fingerprint density at radius 3 is 2.24 bits per heavy atom. The average molecular weight is 457 g/mol. The maximum absolute atomic E-state index is 12.9. The van der Waals surface area contributed by atoms with Gasteiger partial charge in [-0.1, -0.05) is 87.5 Å². The molecule has 4 heteroatoms. The van der Waals surface area contributed by atoms with E-state index in [0.717, 1.165) is 41.7 Å². The average Bonchev–Trinajstić information content (AvgIpc) is 2.80. The highest BCUT2D eigenvalue weighted by Crippen LogP contribution is 2.27. The van der Waals surface area contributed by atoms with E-state index in [1.165, 1.54) is 11.1 Å². The van der Waals surface area contributed by atoms with Crippen LogP contribution in [0.25, 0.3) is 5.57 Å². The first-order valence-corrected chi connectivity index (χ1v) is 12.1. The van der Waals surface area contributed by atoms with E-state index in [1.54, 1.807) is 0 Å². The van der Waals surface area contributed by atoms with E-state index in [4.69, 9.17) is 5.73 Å². The molecule has 0 radical (unpaired) electrons. The summed E-state index contributed by atoms with van der Waals surface area (Å²) in [4.78, 5) is 27.1. The molecule has 0 bridgehead atoms. The molecule has 0 saturated carbocycles. The van der Waals surface area contributed by atoms with Gasteiger partial charge in [-0.3, -0.25) is 9.59 Å². The first-order valence-electron chi connectivity index (χ1n) is 12.1. The lowest BCUT2D eigenvalue weighted by Gasteiger charge is -2.19. The fourth-order valence-corrected chi connectivity index (χ4v) is 4.04. The molecule has 0 unspecified atom stereocenters. The third-order valence-corrected chi connectivity index (χ3v) is 6.07. The fraction of sp³-hybridized carbons (Fsp3) is 0.333. The van der Waals surface area contributed by atoms with Crippen molar-refractivity contribution in [2.75, 3.05) is 0 Å². The standard InChI is InChI=1S/C30H36N2O2/c1-30(2,3)25-19-16-23(17-20-25)26(14-7-8-15-28(31)33)27-21-18-24(29(34)32-27)13-9-12-22-10-5-4-6-11-22/h4-6,10-11,14,16-21H,7-9,12-13,15H2,1-3H3,(H2,31,33)(H,32,34)/b26-14+. The Balaban J connectivity index is 1.80. The highest BCUT2D eigenvalue weighted by molar-refractivity contribution is 5.78. The molecular formula is C30H36N2O2. The molecule has 34 heavy (non-hydrogen) atoms. The molecule has 0 fully saturated rings. The maximum Gasteiger partial charge on any atom is 0.251 e. The molecule has 3 aromatic rings. The summed E-state index contributed by atoms with van der Waals surface area (Å²) >= 11 is 0. The van der Waals surface area contributed by atoms with Gasteiger partial charge >= 0.3 is 0 Å². The Hall–Kier alpha value is -3.40. The summed E-state index contributed by atoms with van der Waals surface area (Å²) in [6.07, 6.45) is 6.45. The van der Waals surface area contributed by atoms with Crippen LogP contribution in [-0.2, 0) is 23.1 Å². The lowest BCUT2D eigenvalue weighted by molar-refractivity contribution is -0.118. The van der Waals surface area contributed by atoms with Crippen molar-refractivity contribution >= 4 is 11.5 Å². The summed E-state index contributed by atoms with van der Waals surface area (Å²) in [7, 11) is 0. The second-order valence-electron chi connectivity index (χ2n) is 9.87. The first kappa shape index (κ1) is 25.2. The lowest BCUT2D eigenvalue weighted by Crippen LogP contribution is -2.15. The monoisotopic (exact) mass is 456 g/mol. The van der Waals surface area contributed by atoms with Gasteiger partial charge in [0.15, 0.2) is 0 Å². The van der Waals surface area contributed by atoms with Crippen LogP contribution in [-0.4, -0.2) is 10.9 Å². The van der Waals surface area contributed by atoms with Crippen molar-refractivity contribution in [1.29, 1.82) is 0 Å². The molecular weight excluding hydrogens is 420 g/mol. The van der Waals surface area contributed by atoms with Crippen LogP contribution < -0.4 is 11.3 Å². The third-order valence-electron chi connectivity index (χ3n) is 6.07. The molecule has 0 aliphatic rings. The minimum absolute atomic E-state index is 0.0418. The fourth-order valence-electron chi connectivity index (χ4n) is 4.04. The topological polar surface area (TPSA) is 76.0 Å². The smallest absolute Gasteiger partial charge is 0.251 e. The van der Waals surface area contributed by atoms with Crippen LogP contribution in [0.1, 0.15) is 74.4 Å². The zero-order valence-electron chi connectivity index (χ0n) is 20.6. The number of benzene rings is 2. The predicted octanol–water partition coefficient (Wildman–Crippen LogP) is 5.94. The zero-order valence-corrected chi connectivity index (χ0v) is 20.6. The second kappa shape index (κ2) is 11.6. The van der Waals surface area contributed by atoms with Crippen LogP contribution in [0.3, 0.4) is 0 Å². The molecule has 1 aromatic heterocycles. The molecule has 3 N–H and O–H groups in total. The van der Waals surface area contributed by atoms with Crippen molar-refractivity contribution in [1.82, 2.24) is 4.98 Å². The number of unbranched alkanes of at least 4 members (excludes halogenated alkanes) is 1. The van der Waals surface area contributed by atoms with Gasteiger partial charge in [-0.05, 0) is 60.3 Å². The Morgan fingerprint density at radius 1 is 0.912 bits per heavy atom. The van der Waals surface area contributed by atoms with E-state index >= 15 is 0 Å². The quantitative estimate of drug-likeness (QED) is 0.371. The van der Waals surface area contributed by atoms with Crippen LogP contribution in [0.4, 0.5) is 0 Å². The Bertz CT molecular complexity index is 1170. The number of carbonyl (C=O) groups excluding carboxylic acids is 1. The van der Waals surface area contributed by atoms with Crippen LogP contribution >= 0.6 is 0 Å². The summed E-state index contributed by atoms with van der Waals surface area (Å²) in [6.45, 7) is 6.57. The molecule has 0 aliphatic heterocycles. The van der Waals surface area contributed by atoms with Gasteiger partial charge in [-0.2, -0.15) is 0 Å². The number of hydrogen-bond donors (Lipinski definition) is 2. The molecule has 4 nitrogen and oxygen atoms in total. The number of rotatable bonds is 10. The third kappa shape index (κ3) is 7.31. The Kier molecular flexibility index (Phi) is 8.64. The molecule has 0 atom stereocenters. The number of aryl methyl sites for hydroxylation is 2. The number of primary amides is 1. The number of amides is 1. The number of pyridine rings is 1. The van der Waals surface area contributed by atoms with E-state index < -0.39 is 0 Å². The molecule has 0 aliphatic carbocycles. The number of allylic oxidation sites excluding steroid dienone is 1. The Morgan fingerprint density at radius 2 is 1.62 bits per heavy atom. The van der Waals surface area contributed by atoms with Crippen molar-refractivity contribution in [2.24, 2.45) is 5.73 Å². The number of aromatic amines is 1. The summed E-state index contributed by atoms with van der Waals surface area (Å²) in [5.41, 5.74) is 11.5. The molecule has 1 amide bonds. The van der Waals surface area contributed by atoms with Crippen molar-refractivity contribution in [3.05, 3.63) is 111 Å². The van der Waals surface area contributed by atoms with Crippen molar-refractivity contribution in [3.8, 4) is 0 Å². The van der Waals surface area contributed by atoms with Gasteiger partial charge in [-0.15, -0.1) is 0 Å². The van der Waals surface area contributed by atoms with Gasteiger partial charge in [0.2, 0.25) is 5.91 Å². The first-order chi connectivity index (χ1) is 16.2. The number of nitrogens with two attached hydrogens (primary N) is 1. The largest absolute Gasteiger partial charge is 0.370 e. The normalized spacial score (nSPS) is 12.0. The van der Waals surface area contributed by atoms with Gasteiger partial charge in [0, 0.05) is 23.3 Å². The summed E-state index contributed by atoms with van der Waals surface area (Å²) in [5, 5.41) is 0. The van der Waals surface area contributed by atoms with E-state index in [9.17, 15) is 9.59 Å². The van der Waals surface area contributed by atoms with Crippen LogP contribution in [0.5, 0.6) is 0 Å². The SMILES string of the molecule is CC(C)(C)c1ccc(/C(=C\CCCC(N)=O)c2ccc(CCCc3ccccc3)c(=O)[nH]2)cc1. The highest BCUT2D eigenvalue weighted by Gasteiger charge is 2.14. The van der Waals surface area contributed by atoms with Crippen LogP contribution in [0, 0.1) is 0 Å². The molecule has 3 rings (SSSR count). The van der Waals surface area contributed by atoms with Crippen molar-refractivity contribution < 1.29 is 4.79 Å². The van der Waals surface area contributed by atoms with E-state index in [0.29, 0.717) is 19.3 Å². The second-order valence-corrected chi connectivity index (χ2v) is 9.87. The van der Waals surface area contributed by atoms with Gasteiger partial charge in [0.1, 0.15) is 0 Å². The summed E-state index contributed by atoms with van der Waals surface area (Å²) in [5.74, 6) is -0.294. The van der Waals surface area contributed by atoms with Crippen LogP contribution in [0.2, 0.25) is 0 Å². The number of carbonyl (C=O) groups is 1. The van der Waals surface area contributed by atoms with Gasteiger partial charge in [0.25, 0.3) is 5.56 Å². The van der Waals surface area contributed by atoms with Crippen molar-refractivity contribution in [3.63, 3.8) is 0 Å². The van der Waals surface area contributed by atoms with E-state index in [2.05, 4.69) is 68.2 Å². The molecule has 1 heterocycles. The van der Waals surface area contributed by atoms with Crippen LogP contribution in [0.15, 0.2) is 77.6 Å². The number of nitrogens with one attached hydrogen (secondary N) is 1. The maximum atomic E-state index is 12.9. The zero-order chi connectivity index (χ0) is 24.6. The van der Waals surface area contributed by atoms with E-state index in [1.807, 2.05) is 30.3 Å². The Labute approximate surface area is 202 Å². The van der Waals surface area contributed by atoms with Gasteiger partial charge < -0.3 is 10.7 Å². The van der Waals surface area contributed by atoms with E-state index in [-0.39, 0.29) is 16.9 Å². The predicted molar refractivity (Wildman–Crippen MR) is 141 cm³/mol. The van der Waals surface area contributed by atoms with Gasteiger partial charge in [-0.25, -0.2) is 0 Å². The van der Waals surface area contributed by atoms with Crippen molar-refractivity contribution in [2.45, 2.75) is 64.7 Å². The lowest BCUT2D eigenvalue weighted by atomic mass is 9.86. The molecule has 0 saturated heterocycles. The summed E-state index contributed by atoms with van der Waals surface area (Å²) < 4.78 is 0.